The van der Waals surface area contributed by atoms with E-state index in [4.69, 9.17) is 0 Å². The van der Waals surface area contributed by atoms with Crippen molar-refractivity contribution >= 4 is 33.2 Å². The Kier molecular flexibility index (Phi) is 2.84. The smallest absolute Gasteiger partial charge is 0.0359 e. The number of fused-ring (bicyclic) bond motifs is 1. The van der Waals surface area contributed by atoms with Gasteiger partial charge in [0.25, 0.3) is 0 Å². The minimum atomic E-state index is 1.13. The second-order valence-electron chi connectivity index (χ2n) is 3.34. The Morgan fingerprint density at radius 3 is 2.79 bits per heavy atom. The van der Waals surface area contributed by atoms with Crippen molar-refractivity contribution in [2.75, 3.05) is 6.26 Å². The van der Waals surface area contributed by atoms with Crippen LogP contribution in [0, 0.1) is 6.92 Å². The van der Waals surface area contributed by atoms with E-state index >= 15 is 0 Å². The summed E-state index contributed by atoms with van der Waals surface area (Å²) in [6.45, 7) is 4.45. The van der Waals surface area contributed by atoms with Crippen molar-refractivity contribution < 1.29 is 0 Å². The van der Waals surface area contributed by atoms with E-state index in [2.05, 4.69) is 38.3 Å². The van der Waals surface area contributed by atoms with Crippen LogP contribution in [0.3, 0.4) is 0 Å². The van der Waals surface area contributed by atoms with Crippen LogP contribution in [0.5, 0.6) is 0 Å². The standard InChI is InChI=1S/C12H14S2/c1-4-9-6-5-7-10-11(9)12(13-3)8(2)14-10/h5-7H,4H2,1-3H3. The molecule has 14 heavy (non-hydrogen) atoms. The van der Waals surface area contributed by atoms with Gasteiger partial charge in [-0.05, 0) is 31.2 Å². The van der Waals surface area contributed by atoms with Gasteiger partial charge in [-0.3, -0.25) is 0 Å². The van der Waals surface area contributed by atoms with Gasteiger partial charge in [0.2, 0.25) is 0 Å². The third kappa shape index (κ3) is 1.47. The fourth-order valence-electron chi connectivity index (χ4n) is 1.85. The highest BCUT2D eigenvalue weighted by Gasteiger charge is 2.10. The van der Waals surface area contributed by atoms with Crippen LogP contribution in [0.15, 0.2) is 23.1 Å². The van der Waals surface area contributed by atoms with Crippen LogP contribution in [0.2, 0.25) is 0 Å². The lowest BCUT2D eigenvalue weighted by Gasteiger charge is -2.01. The van der Waals surface area contributed by atoms with Crippen molar-refractivity contribution in [2.24, 2.45) is 0 Å². The zero-order valence-corrected chi connectivity index (χ0v) is 10.4. The summed E-state index contributed by atoms with van der Waals surface area (Å²) >= 11 is 3.78. The van der Waals surface area contributed by atoms with Gasteiger partial charge in [0.15, 0.2) is 0 Å². The molecule has 1 heterocycles. The van der Waals surface area contributed by atoms with Crippen molar-refractivity contribution in [3.8, 4) is 0 Å². The van der Waals surface area contributed by atoms with Crippen LogP contribution in [-0.2, 0) is 6.42 Å². The summed E-state index contributed by atoms with van der Waals surface area (Å²) < 4.78 is 1.44. The van der Waals surface area contributed by atoms with Crippen LogP contribution in [-0.4, -0.2) is 6.26 Å². The molecule has 0 fully saturated rings. The van der Waals surface area contributed by atoms with E-state index in [1.807, 2.05) is 23.1 Å². The average molecular weight is 222 g/mol. The zero-order chi connectivity index (χ0) is 10.1. The minimum Gasteiger partial charge on any atom is -0.139 e. The van der Waals surface area contributed by atoms with Gasteiger partial charge < -0.3 is 0 Å². The number of benzene rings is 1. The third-order valence-corrected chi connectivity index (χ3v) is 4.63. The Bertz CT molecular complexity index is 455. The lowest BCUT2D eigenvalue weighted by Crippen LogP contribution is -1.81. The molecule has 0 aliphatic heterocycles. The van der Waals surface area contributed by atoms with E-state index in [1.165, 1.54) is 25.4 Å². The molecule has 2 heteroatoms. The predicted molar refractivity (Wildman–Crippen MR) is 67.7 cm³/mol. The molecule has 0 aliphatic carbocycles. The molecule has 0 atom stereocenters. The first kappa shape index (κ1) is 10.1. The number of thiophene rings is 1. The molecule has 0 unspecified atom stereocenters. The SMILES string of the molecule is CCc1cccc2sc(C)c(SC)c12. The Hall–Kier alpha value is -0.470. The fraction of sp³-hybridized carbons (Fsp3) is 0.333. The summed E-state index contributed by atoms with van der Waals surface area (Å²) in [6, 6.07) is 6.64. The minimum absolute atomic E-state index is 1.13. The Morgan fingerprint density at radius 2 is 2.14 bits per heavy atom. The molecule has 0 saturated heterocycles. The largest absolute Gasteiger partial charge is 0.139 e. The maximum Gasteiger partial charge on any atom is 0.0359 e. The number of thioether (sulfide) groups is 1. The summed E-state index contributed by atoms with van der Waals surface area (Å²) in [5.74, 6) is 0. The Morgan fingerprint density at radius 1 is 1.36 bits per heavy atom. The van der Waals surface area contributed by atoms with Gasteiger partial charge in [-0.1, -0.05) is 19.1 Å². The Balaban J connectivity index is 2.82. The van der Waals surface area contributed by atoms with Gasteiger partial charge >= 0.3 is 0 Å². The highest BCUT2D eigenvalue weighted by molar-refractivity contribution is 7.99. The first-order valence-corrected chi connectivity index (χ1v) is 6.87. The van der Waals surface area contributed by atoms with Crippen molar-refractivity contribution in [1.82, 2.24) is 0 Å². The van der Waals surface area contributed by atoms with Gasteiger partial charge in [-0.25, -0.2) is 0 Å². The highest BCUT2D eigenvalue weighted by Crippen LogP contribution is 2.38. The van der Waals surface area contributed by atoms with Crippen molar-refractivity contribution in [3.63, 3.8) is 0 Å². The van der Waals surface area contributed by atoms with Crippen LogP contribution >= 0.6 is 23.1 Å². The summed E-state index contributed by atoms with van der Waals surface area (Å²) in [4.78, 5) is 2.93. The molecule has 0 amide bonds. The van der Waals surface area contributed by atoms with Crippen LogP contribution in [0.1, 0.15) is 17.4 Å². The molecule has 0 nitrogen and oxygen atoms in total. The van der Waals surface area contributed by atoms with E-state index in [9.17, 15) is 0 Å². The van der Waals surface area contributed by atoms with Crippen molar-refractivity contribution in [2.45, 2.75) is 25.2 Å². The van der Waals surface area contributed by atoms with Gasteiger partial charge in [-0.2, -0.15) is 0 Å². The number of hydrogen-bond acceptors (Lipinski definition) is 2. The third-order valence-electron chi connectivity index (χ3n) is 2.51. The van der Waals surface area contributed by atoms with Gasteiger partial charge in [0, 0.05) is 19.9 Å². The predicted octanol–water partition coefficient (Wildman–Crippen LogP) is 4.49. The van der Waals surface area contributed by atoms with E-state index in [0.717, 1.165) is 6.42 Å². The summed E-state index contributed by atoms with van der Waals surface area (Å²) in [6.07, 6.45) is 3.29. The lowest BCUT2D eigenvalue weighted by molar-refractivity contribution is 1.15. The first-order chi connectivity index (χ1) is 6.77. The van der Waals surface area contributed by atoms with Crippen LogP contribution < -0.4 is 0 Å². The molecule has 0 spiro atoms. The summed E-state index contributed by atoms with van der Waals surface area (Å²) in [7, 11) is 0. The fourth-order valence-corrected chi connectivity index (χ4v) is 4.03. The quantitative estimate of drug-likeness (QED) is 0.674. The number of aryl methyl sites for hydroxylation is 2. The topological polar surface area (TPSA) is 0 Å². The molecule has 1 aromatic carbocycles. The molecule has 2 aromatic rings. The van der Waals surface area contributed by atoms with Crippen LogP contribution in [0.25, 0.3) is 10.1 Å². The average Bonchev–Trinajstić information content (AvgIpc) is 2.52. The first-order valence-electron chi connectivity index (χ1n) is 4.83. The lowest BCUT2D eigenvalue weighted by atomic mass is 10.1. The van der Waals surface area contributed by atoms with Gasteiger partial charge in [0.05, 0.1) is 0 Å². The molecular weight excluding hydrogens is 208 g/mol. The molecule has 0 N–H and O–H groups in total. The van der Waals surface area contributed by atoms with E-state index < -0.39 is 0 Å². The van der Waals surface area contributed by atoms with Crippen LogP contribution in [0.4, 0.5) is 0 Å². The van der Waals surface area contributed by atoms with E-state index in [1.54, 1.807) is 0 Å². The number of rotatable bonds is 2. The summed E-state index contributed by atoms with van der Waals surface area (Å²) in [5, 5.41) is 1.49. The van der Waals surface area contributed by atoms with E-state index in [0.29, 0.717) is 0 Å². The molecule has 0 radical (unpaired) electrons. The Labute approximate surface area is 93.3 Å². The van der Waals surface area contributed by atoms with E-state index in [-0.39, 0.29) is 0 Å². The maximum absolute atomic E-state index is 2.24. The molecule has 0 aliphatic rings. The van der Waals surface area contributed by atoms with Gasteiger partial charge in [0.1, 0.15) is 0 Å². The number of hydrogen-bond donors (Lipinski definition) is 0. The maximum atomic E-state index is 2.24. The van der Waals surface area contributed by atoms with Gasteiger partial charge in [-0.15, -0.1) is 23.1 Å². The summed E-state index contributed by atoms with van der Waals surface area (Å²) in [5.41, 5.74) is 1.48. The molecule has 74 valence electrons. The second-order valence-corrected chi connectivity index (χ2v) is 5.41. The molecular formula is C12H14S2. The second kappa shape index (κ2) is 3.95. The molecule has 0 bridgehead atoms. The molecule has 0 saturated carbocycles. The molecule has 1 aromatic heterocycles. The monoisotopic (exact) mass is 222 g/mol. The zero-order valence-electron chi connectivity index (χ0n) is 8.76. The van der Waals surface area contributed by atoms with Crippen molar-refractivity contribution in [1.29, 1.82) is 0 Å². The normalized spacial score (nSPS) is 11.1. The molecule has 2 rings (SSSR count). The van der Waals surface area contributed by atoms with Crippen molar-refractivity contribution in [3.05, 3.63) is 28.6 Å². The highest BCUT2D eigenvalue weighted by atomic mass is 32.2.